The maximum Gasteiger partial charge on any atom is 0.0544 e. The van der Waals surface area contributed by atoms with Gasteiger partial charge in [-0.3, -0.25) is 14.9 Å². The van der Waals surface area contributed by atoms with E-state index in [-0.39, 0.29) is 0 Å². The van der Waals surface area contributed by atoms with Gasteiger partial charge in [0.1, 0.15) is 0 Å². The maximum atomic E-state index is 4.50. The van der Waals surface area contributed by atoms with Crippen LogP contribution in [0.25, 0.3) is 0 Å². The Bertz CT molecular complexity index is 550. The predicted molar refractivity (Wildman–Crippen MR) is 123 cm³/mol. The average Bonchev–Trinajstić information content (AvgIpc) is 2.73. The van der Waals surface area contributed by atoms with Crippen LogP contribution in [0.4, 0.5) is 0 Å². The molecule has 0 spiro atoms. The van der Waals surface area contributed by atoms with E-state index in [2.05, 4.69) is 51.8 Å². The van der Waals surface area contributed by atoms with E-state index in [1.807, 2.05) is 24.5 Å². The average molecular weight is 400 g/mol. The van der Waals surface area contributed by atoms with Crippen LogP contribution in [0.5, 0.6) is 0 Å². The third kappa shape index (κ3) is 10.8. The Morgan fingerprint density at radius 3 is 1.50 bits per heavy atom. The standard InChI is InChI=1S/C24H37N3S/c28-20-14-8-6-4-2-1-3-5-7-13-19-27(21-23-15-9-11-17-25-23)22-24-16-10-12-18-26-24/h9-12,15-18,28H,1-8,13-14,19-22H2. The van der Waals surface area contributed by atoms with Gasteiger partial charge in [-0.2, -0.15) is 12.6 Å². The molecule has 0 radical (unpaired) electrons. The Kier molecular flexibility index (Phi) is 12.7. The van der Waals surface area contributed by atoms with Crippen molar-refractivity contribution >= 4 is 12.6 Å². The number of rotatable bonds is 16. The number of nitrogens with zero attached hydrogens (tertiary/aromatic N) is 3. The van der Waals surface area contributed by atoms with E-state index in [0.29, 0.717) is 0 Å². The Morgan fingerprint density at radius 2 is 1.07 bits per heavy atom. The lowest BCUT2D eigenvalue weighted by molar-refractivity contribution is 0.244. The highest BCUT2D eigenvalue weighted by atomic mass is 32.1. The molecule has 3 nitrogen and oxygen atoms in total. The van der Waals surface area contributed by atoms with Gasteiger partial charge in [-0.15, -0.1) is 0 Å². The fraction of sp³-hybridized carbons (Fsp3) is 0.583. The summed E-state index contributed by atoms with van der Waals surface area (Å²) in [4.78, 5) is 11.5. The molecule has 4 heteroatoms. The smallest absolute Gasteiger partial charge is 0.0544 e. The molecule has 0 unspecified atom stereocenters. The summed E-state index contributed by atoms with van der Waals surface area (Å²) in [5, 5.41) is 0. The molecule has 0 fully saturated rings. The van der Waals surface area contributed by atoms with Crippen molar-refractivity contribution in [2.75, 3.05) is 12.3 Å². The van der Waals surface area contributed by atoms with Crippen molar-refractivity contribution in [1.29, 1.82) is 0 Å². The molecule has 2 rings (SSSR count). The summed E-state index contributed by atoms with van der Waals surface area (Å²) in [6.45, 7) is 2.89. The summed E-state index contributed by atoms with van der Waals surface area (Å²) in [6.07, 6.45) is 17.3. The summed E-state index contributed by atoms with van der Waals surface area (Å²) in [6, 6.07) is 12.3. The molecule has 2 heterocycles. The van der Waals surface area contributed by atoms with Crippen LogP contribution < -0.4 is 0 Å². The van der Waals surface area contributed by atoms with Gasteiger partial charge in [-0.1, -0.05) is 63.5 Å². The van der Waals surface area contributed by atoms with Gasteiger partial charge in [0.2, 0.25) is 0 Å². The third-order valence-corrected chi connectivity index (χ3v) is 5.42. The zero-order valence-corrected chi connectivity index (χ0v) is 18.2. The van der Waals surface area contributed by atoms with Crippen molar-refractivity contribution < 1.29 is 0 Å². The molecule has 0 bridgehead atoms. The topological polar surface area (TPSA) is 29.0 Å². The van der Waals surface area contributed by atoms with Crippen molar-refractivity contribution in [2.45, 2.75) is 77.3 Å². The molecule has 28 heavy (non-hydrogen) atoms. The van der Waals surface area contributed by atoms with E-state index in [4.69, 9.17) is 0 Å². The van der Waals surface area contributed by atoms with Gasteiger partial charge in [0.05, 0.1) is 11.4 Å². The van der Waals surface area contributed by atoms with Gasteiger partial charge in [0, 0.05) is 25.5 Å². The highest BCUT2D eigenvalue weighted by Gasteiger charge is 2.08. The molecule has 0 aromatic carbocycles. The van der Waals surface area contributed by atoms with Gasteiger partial charge >= 0.3 is 0 Å². The molecule has 2 aromatic rings. The van der Waals surface area contributed by atoms with E-state index < -0.39 is 0 Å². The Hall–Kier alpha value is -1.39. The number of hydrogen-bond acceptors (Lipinski definition) is 4. The van der Waals surface area contributed by atoms with E-state index in [0.717, 1.165) is 36.8 Å². The highest BCUT2D eigenvalue weighted by Crippen LogP contribution is 2.13. The summed E-state index contributed by atoms with van der Waals surface area (Å²) < 4.78 is 0. The maximum absolute atomic E-state index is 4.50. The normalized spacial score (nSPS) is 11.2. The molecule has 0 amide bonds. The van der Waals surface area contributed by atoms with E-state index in [1.165, 1.54) is 64.2 Å². The van der Waals surface area contributed by atoms with Gasteiger partial charge in [-0.25, -0.2) is 0 Å². The summed E-state index contributed by atoms with van der Waals surface area (Å²) in [7, 11) is 0. The number of aromatic nitrogens is 2. The number of pyridine rings is 2. The highest BCUT2D eigenvalue weighted by molar-refractivity contribution is 7.80. The van der Waals surface area contributed by atoms with E-state index >= 15 is 0 Å². The van der Waals surface area contributed by atoms with Crippen LogP contribution in [0.15, 0.2) is 48.8 Å². The predicted octanol–water partition coefficient (Wildman–Crippen LogP) is 6.31. The van der Waals surface area contributed by atoms with E-state index in [1.54, 1.807) is 0 Å². The van der Waals surface area contributed by atoms with Crippen molar-refractivity contribution in [3.05, 3.63) is 60.2 Å². The van der Waals surface area contributed by atoms with Crippen molar-refractivity contribution in [1.82, 2.24) is 14.9 Å². The fourth-order valence-electron chi connectivity index (χ4n) is 3.52. The summed E-state index contributed by atoms with van der Waals surface area (Å²) in [5.74, 6) is 1.04. The van der Waals surface area contributed by atoms with Gasteiger partial charge in [-0.05, 0) is 49.4 Å². The Balaban J connectivity index is 1.62. The van der Waals surface area contributed by atoms with Gasteiger partial charge in [0.25, 0.3) is 0 Å². The molecule has 0 aliphatic heterocycles. The zero-order chi connectivity index (χ0) is 19.7. The summed E-state index contributed by atoms with van der Waals surface area (Å²) in [5.41, 5.74) is 2.27. The molecule has 0 saturated heterocycles. The lowest BCUT2D eigenvalue weighted by Crippen LogP contribution is -2.25. The number of thiol groups is 1. The summed E-state index contributed by atoms with van der Waals surface area (Å²) >= 11 is 4.27. The van der Waals surface area contributed by atoms with Crippen LogP contribution in [0.2, 0.25) is 0 Å². The monoisotopic (exact) mass is 399 g/mol. The van der Waals surface area contributed by atoms with Crippen LogP contribution in [-0.4, -0.2) is 27.2 Å². The SMILES string of the molecule is SCCCCCCCCCCCCN(Cc1ccccn1)Cc1ccccn1. The lowest BCUT2D eigenvalue weighted by Gasteiger charge is -2.21. The van der Waals surface area contributed by atoms with E-state index in [9.17, 15) is 0 Å². The molecule has 0 saturated carbocycles. The molecule has 154 valence electrons. The minimum Gasteiger partial charge on any atom is -0.292 e. The second kappa shape index (κ2) is 15.5. The van der Waals surface area contributed by atoms with Crippen LogP contribution in [-0.2, 0) is 13.1 Å². The van der Waals surface area contributed by atoms with Crippen molar-refractivity contribution in [2.24, 2.45) is 0 Å². The van der Waals surface area contributed by atoms with Crippen molar-refractivity contribution in [3.8, 4) is 0 Å². The minimum absolute atomic E-state index is 0.893. The molecule has 0 atom stereocenters. The number of hydrogen-bond donors (Lipinski definition) is 1. The fourth-order valence-corrected chi connectivity index (χ4v) is 3.74. The molecule has 0 N–H and O–H groups in total. The van der Waals surface area contributed by atoms with Crippen LogP contribution >= 0.6 is 12.6 Å². The molecule has 0 aliphatic rings. The first-order chi connectivity index (χ1) is 13.9. The molecular formula is C24H37N3S. The van der Waals surface area contributed by atoms with Crippen LogP contribution in [0.3, 0.4) is 0 Å². The van der Waals surface area contributed by atoms with Crippen LogP contribution in [0, 0.1) is 0 Å². The Morgan fingerprint density at radius 1 is 0.607 bits per heavy atom. The largest absolute Gasteiger partial charge is 0.292 e. The molecule has 0 aliphatic carbocycles. The second-order valence-corrected chi connectivity index (χ2v) is 8.06. The zero-order valence-electron chi connectivity index (χ0n) is 17.3. The van der Waals surface area contributed by atoms with Crippen LogP contribution in [0.1, 0.15) is 75.6 Å². The second-order valence-electron chi connectivity index (χ2n) is 7.61. The van der Waals surface area contributed by atoms with Gasteiger partial charge < -0.3 is 0 Å². The third-order valence-electron chi connectivity index (χ3n) is 5.11. The first-order valence-electron chi connectivity index (χ1n) is 11.0. The van der Waals surface area contributed by atoms with Gasteiger partial charge in [0.15, 0.2) is 0 Å². The molecular weight excluding hydrogens is 362 g/mol. The van der Waals surface area contributed by atoms with Crippen molar-refractivity contribution in [3.63, 3.8) is 0 Å². The lowest BCUT2D eigenvalue weighted by atomic mass is 10.1. The number of unbranched alkanes of at least 4 members (excludes halogenated alkanes) is 9. The minimum atomic E-state index is 0.893. The first-order valence-corrected chi connectivity index (χ1v) is 11.6. The molecule has 2 aromatic heterocycles. The quantitative estimate of drug-likeness (QED) is 0.265. The first kappa shape index (κ1) is 22.9. The Labute approximate surface area is 177 Å².